The van der Waals surface area contributed by atoms with E-state index in [9.17, 15) is 0 Å². The highest BCUT2D eigenvalue weighted by molar-refractivity contribution is 14.1. The second kappa shape index (κ2) is 4.58. The first-order chi connectivity index (χ1) is 5.69. The Morgan fingerprint density at radius 3 is 2.58 bits per heavy atom. The van der Waals surface area contributed by atoms with Crippen molar-refractivity contribution in [2.24, 2.45) is 0 Å². The van der Waals surface area contributed by atoms with Gasteiger partial charge >= 0.3 is 0 Å². The van der Waals surface area contributed by atoms with E-state index in [0.29, 0.717) is 16.9 Å². The molecule has 1 rings (SSSR count). The third-order valence-corrected chi connectivity index (χ3v) is 3.35. The van der Waals surface area contributed by atoms with Crippen molar-refractivity contribution in [1.82, 2.24) is 9.97 Å². The fourth-order valence-corrected chi connectivity index (χ4v) is 1.75. The highest BCUT2D eigenvalue weighted by Gasteiger charge is 2.07. The van der Waals surface area contributed by atoms with E-state index in [1.807, 2.05) is 6.92 Å². The molecule has 0 amide bonds. The van der Waals surface area contributed by atoms with Crippen LogP contribution in [0.4, 0.5) is 0 Å². The van der Waals surface area contributed by atoms with Gasteiger partial charge in [0.2, 0.25) is 0 Å². The number of alkyl halides is 1. The number of aryl methyl sites for hydroxylation is 1. The standard InChI is InChI=1S/C7H7Cl2IN2/c1-2-4-6(10)7(9)12-5(3-8)11-4/h2-3H2,1H3. The van der Waals surface area contributed by atoms with Crippen LogP contribution in [-0.2, 0) is 12.3 Å². The summed E-state index contributed by atoms with van der Waals surface area (Å²) in [5.74, 6) is 0.905. The molecule has 0 aliphatic rings. The monoisotopic (exact) mass is 316 g/mol. The van der Waals surface area contributed by atoms with Gasteiger partial charge in [-0.1, -0.05) is 18.5 Å². The molecule has 0 bridgehead atoms. The van der Waals surface area contributed by atoms with Crippen molar-refractivity contribution < 1.29 is 0 Å². The first-order valence-electron chi connectivity index (χ1n) is 3.45. The summed E-state index contributed by atoms with van der Waals surface area (Å²) in [5.41, 5.74) is 0.964. The maximum atomic E-state index is 5.86. The Kier molecular flexibility index (Phi) is 3.99. The van der Waals surface area contributed by atoms with E-state index in [1.165, 1.54) is 0 Å². The van der Waals surface area contributed by atoms with Crippen LogP contribution in [0, 0.1) is 3.57 Å². The normalized spacial score (nSPS) is 10.3. The van der Waals surface area contributed by atoms with Crippen molar-refractivity contribution in [3.63, 3.8) is 0 Å². The fourth-order valence-electron chi connectivity index (χ4n) is 0.805. The number of nitrogens with zero attached hydrogens (tertiary/aromatic N) is 2. The fraction of sp³-hybridized carbons (Fsp3) is 0.429. The van der Waals surface area contributed by atoms with Crippen LogP contribution >= 0.6 is 45.8 Å². The van der Waals surface area contributed by atoms with Gasteiger partial charge in [0.05, 0.1) is 15.1 Å². The molecule has 0 saturated heterocycles. The van der Waals surface area contributed by atoms with Crippen LogP contribution in [0.1, 0.15) is 18.4 Å². The lowest BCUT2D eigenvalue weighted by atomic mass is 10.3. The molecule has 1 aromatic heterocycles. The van der Waals surface area contributed by atoms with Crippen molar-refractivity contribution in [2.45, 2.75) is 19.2 Å². The molecule has 0 N–H and O–H groups in total. The van der Waals surface area contributed by atoms with Crippen molar-refractivity contribution in [2.75, 3.05) is 0 Å². The summed E-state index contributed by atoms with van der Waals surface area (Å²) in [4.78, 5) is 8.25. The Morgan fingerprint density at radius 2 is 2.08 bits per heavy atom. The van der Waals surface area contributed by atoms with E-state index in [1.54, 1.807) is 0 Å². The maximum Gasteiger partial charge on any atom is 0.146 e. The third-order valence-electron chi connectivity index (χ3n) is 1.38. The predicted octanol–water partition coefficient (Wildman–Crippen LogP) is 3.04. The van der Waals surface area contributed by atoms with Gasteiger partial charge in [-0.05, 0) is 29.0 Å². The van der Waals surface area contributed by atoms with Gasteiger partial charge in [0, 0.05) is 0 Å². The molecule has 0 atom stereocenters. The number of rotatable bonds is 2. The zero-order chi connectivity index (χ0) is 9.14. The van der Waals surface area contributed by atoms with Gasteiger partial charge in [-0.25, -0.2) is 9.97 Å². The van der Waals surface area contributed by atoms with Crippen molar-refractivity contribution in [1.29, 1.82) is 0 Å². The van der Waals surface area contributed by atoms with Crippen LogP contribution < -0.4 is 0 Å². The average molecular weight is 317 g/mol. The van der Waals surface area contributed by atoms with E-state index < -0.39 is 0 Å². The second-order valence-electron chi connectivity index (χ2n) is 2.18. The Labute approximate surface area is 94.8 Å². The minimum Gasteiger partial charge on any atom is -0.235 e. The van der Waals surface area contributed by atoms with Gasteiger partial charge in [-0.15, -0.1) is 11.6 Å². The van der Waals surface area contributed by atoms with E-state index in [4.69, 9.17) is 23.2 Å². The average Bonchev–Trinajstić information content (AvgIpc) is 2.09. The quantitative estimate of drug-likeness (QED) is 0.476. The summed E-state index contributed by atoms with van der Waals surface area (Å²) in [5, 5.41) is 0.498. The lowest BCUT2D eigenvalue weighted by Crippen LogP contribution is -2.00. The summed E-state index contributed by atoms with van der Waals surface area (Å²) < 4.78 is 0.922. The molecule has 0 fully saturated rings. The molecule has 0 aliphatic heterocycles. The molecule has 5 heteroatoms. The summed E-state index contributed by atoms with van der Waals surface area (Å²) in [7, 11) is 0. The van der Waals surface area contributed by atoms with E-state index in [0.717, 1.165) is 15.7 Å². The number of halogens is 3. The molecule has 0 spiro atoms. The van der Waals surface area contributed by atoms with Crippen molar-refractivity contribution in [3.8, 4) is 0 Å². The second-order valence-corrected chi connectivity index (χ2v) is 3.88. The lowest BCUT2D eigenvalue weighted by Gasteiger charge is -2.03. The molecular weight excluding hydrogens is 310 g/mol. The number of aromatic nitrogens is 2. The lowest BCUT2D eigenvalue weighted by molar-refractivity contribution is 0.925. The highest BCUT2D eigenvalue weighted by Crippen LogP contribution is 2.19. The molecule has 0 radical (unpaired) electrons. The van der Waals surface area contributed by atoms with Gasteiger partial charge in [-0.2, -0.15) is 0 Å². The first kappa shape index (κ1) is 10.5. The smallest absolute Gasteiger partial charge is 0.146 e. The summed E-state index contributed by atoms with van der Waals surface area (Å²) in [6.07, 6.45) is 0.852. The van der Waals surface area contributed by atoms with Gasteiger partial charge in [0.25, 0.3) is 0 Å². The van der Waals surface area contributed by atoms with E-state index in [2.05, 4.69) is 32.6 Å². The molecule has 12 heavy (non-hydrogen) atoms. The minimum atomic E-state index is 0.309. The van der Waals surface area contributed by atoms with Crippen LogP contribution in [0.3, 0.4) is 0 Å². The molecule has 0 aromatic carbocycles. The Morgan fingerprint density at radius 1 is 1.42 bits per heavy atom. The molecular formula is C7H7Cl2IN2. The van der Waals surface area contributed by atoms with Gasteiger partial charge in [0.1, 0.15) is 11.0 Å². The van der Waals surface area contributed by atoms with Gasteiger partial charge in [0.15, 0.2) is 0 Å². The largest absolute Gasteiger partial charge is 0.235 e. The Hall–Kier alpha value is 0.390. The summed E-state index contributed by atoms with van der Waals surface area (Å²) >= 11 is 13.6. The van der Waals surface area contributed by atoms with E-state index in [-0.39, 0.29) is 0 Å². The SMILES string of the molecule is CCc1nc(CCl)nc(Cl)c1I. The number of hydrogen-bond acceptors (Lipinski definition) is 2. The Bertz CT molecular complexity index is 291. The van der Waals surface area contributed by atoms with Crippen LogP contribution in [0.5, 0.6) is 0 Å². The predicted molar refractivity (Wildman–Crippen MR) is 58.7 cm³/mol. The zero-order valence-electron chi connectivity index (χ0n) is 6.44. The molecule has 66 valence electrons. The maximum absolute atomic E-state index is 5.86. The van der Waals surface area contributed by atoms with E-state index >= 15 is 0 Å². The first-order valence-corrected chi connectivity index (χ1v) is 5.45. The van der Waals surface area contributed by atoms with Crippen LogP contribution in [-0.4, -0.2) is 9.97 Å². The number of hydrogen-bond donors (Lipinski definition) is 0. The summed E-state index contributed by atoms with van der Waals surface area (Å²) in [6.45, 7) is 2.03. The van der Waals surface area contributed by atoms with Crippen molar-refractivity contribution >= 4 is 45.8 Å². The molecule has 0 aliphatic carbocycles. The molecule has 2 nitrogen and oxygen atoms in total. The topological polar surface area (TPSA) is 25.8 Å². The minimum absolute atomic E-state index is 0.309. The van der Waals surface area contributed by atoms with Crippen LogP contribution in [0.15, 0.2) is 0 Å². The highest BCUT2D eigenvalue weighted by atomic mass is 127. The zero-order valence-corrected chi connectivity index (χ0v) is 10.1. The van der Waals surface area contributed by atoms with Crippen LogP contribution in [0.25, 0.3) is 0 Å². The van der Waals surface area contributed by atoms with Gasteiger partial charge < -0.3 is 0 Å². The molecule has 1 aromatic rings. The molecule has 0 unspecified atom stereocenters. The van der Waals surface area contributed by atoms with Crippen LogP contribution in [0.2, 0.25) is 5.15 Å². The third kappa shape index (κ3) is 2.20. The Balaban J connectivity index is 3.19. The molecule has 1 heterocycles. The van der Waals surface area contributed by atoms with Gasteiger partial charge in [-0.3, -0.25) is 0 Å². The summed E-state index contributed by atoms with van der Waals surface area (Å²) in [6, 6.07) is 0. The van der Waals surface area contributed by atoms with Crippen molar-refractivity contribution in [3.05, 3.63) is 20.2 Å². The molecule has 0 saturated carbocycles.